The van der Waals surface area contributed by atoms with Gasteiger partial charge in [0.1, 0.15) is 5.82 Å². The fourth-order valence-corrected chi connectivity index (χ4v) is 2.61. The highest BCUT2D eigenvalue weighted by Gasteiger charge is 2.02. The van der Waals surface area contributed by atoms with E-state index in [1.165, 1.54) is 17.4 Å². The molecular formula is C15H12FN3S. The number of fused-ring (bicyclic) bond motifs is 1. The van der Waals surface area contributed by atoms with Crippen LogP contribution in [0.25, 0.3) is 10.8 Å². The van der Waals surface area contributed by atoms with E-state index in [1.807, 2.05) is 30.5 Å². The Hall–Kier alpha value is -2.27. The number of hydrogen-bond acceptors (Lipinski definition) is 4. The molecular weight excluding hydrogens is 273 g/mol. The molecule has 3 aromatic rings. The number of benzene rings is 2. The fourth-order valence-electron chi connectivity index (χ4n) is 1.97. The van der Waals surface area contributed by atoms with Gasteiger partial charge in [-0.05, 0) is 18.4 Å². The average Bonchev–Trinajstić information content (AvgIpc) is 2.86. The zero-order valence-corrected chi connectivity index (χ0v) is 11.6. The highest BCUT2D eigenvalue weighted by Crippen LogP contribution is 2.20. The number of hydrazone groups is 1. The van der Waals surface area contributed by atoms with E-state index < -0.39 is 0 Å². The third-order valence-corrected chi connectivity index (χ3v) is 3.75. The maximum atomic E-state index is 13.7. The second kappa shape index (κ2) is 5.38. The third-order valence-electron chi connectivity index (χ3n) is 2.89. The molecule has 20 heavy (non-hydrogen) atoms. The van der Waals surface area contributed by atoms with E-state index >= 15 is 0 Å². The van der Waals surface area contributed by atoms with E-state index in [4.69, 9.17) is 0 Å². The Morgan fingerprint density at radius 1 is 1.20 bits per heavy atom. The van der Waals surface area contributed by atoms with Gasteiger partial charge in [-0.15, -0.1) is 11.3 Å². The van der Waals surface area contributed by atoms with E-state index in [9.17, 15) is 4.39 Å². The summed E-state index contributed by atoms with van der Waals surface area (Å²) < 4.78 is 13.7. The van der Waals surface area contributed by atoms with Crippen LogP contribution in [-0.2, 0) is 0 Å². The summed E-state index contributed by atoms with van der Waals surface area (Å²) in [5, 5.41) is 8.29. The normalized spacial score (nSPS) is 11.3. The van der Waals surface area contributed by atoms with Crippen LogP contribution < -0.4 is 5.43 Å². The molecule has 1 heterocycles. The molecule has 0 unspecified atom stereocenters. The van der Waals surface area contributed by atoms with E-state index in [0.717, 1.165) is 21.8 Å². The fraction of sp³-hybridized carbons (Fsp3) is 0.0667. The molecule has 5 heteroatoms. The number of nitrogens with one attached hydrogen (secondary N) is 1. The van der Waals surface area contributed by atoms with Crippen molar-refractivity contribution >= 4 is 33.5 Å². The van der Waals surface area contributed by atoms with E-state index in [2.05, 4.69) is 15.5 Å². The van der Waals surface area contributed by atoms with Crippen LogP contribution >= 0.6 is 11.3 Å². The van der Waals surface area contributed by atoms with Crippen molar-refractivity contribution in [2.45, 2.75) is 6.92 Å². The maximum Gasteiger partial charge on any atom is 0.203 e. The Bertz CT molecular complexity index is 780. The van der Waals surface area contributed by atoms with Gasteiger partial charge in [-0.1, -0.05) is 30.3 Å². The quantitative estimate of drug-likeness (QED) is 0.578. The summed E-state index contributed by atoms with van der Waals surface area (Å²) in [6.45, 7) is 1.93. The topological polar surface area (TPSA) is 37.3 Å². The van der Waals surface area contributed by atoms with Gasteiger partial charge in [0.05, 0.1) is 11.9 Å². The number of hydrogen-bond donors (Lipinski definition) is 1. The predicted octanol–water partition coefficient (Wildman–Crippen LogP) is 4.19. The van der Waals surface area contributed by atoms with Crippen LogP contribution in [0.1, 0.15) is 11.3 Å². The first-order valence-corrected chi connectivity index (χ1v) is 7.00. The summed E-state index contributed by atoms with van der Waals surface area (Å²) >= 11 is 1.49. The highest BCUT2D eigenvalue weighted by atomic mass is 32.1. The minimum absolute atomic E-state index is 0.221. The molecule has 0 saturated carbocycles. The first-order valence-electron chi connectivity index (χ1n) is 6.12. The van der Waals surface area contributed by atoms with Crippen molar-refractivity contribution in [3.8, 4) is 0 Å². The number of aromatic nitrogens is 1. The Labute approximate surface area is 119 Å². The summed E-state index contributed by atoms with van der Waals surface area (Å²) in [5.41, 5.74) is 4.70. The van der Waals surface area contributed by atoms with Gasteiger partial charge in [-0.2, -0.15) is 5.10 Å². The van der Waals surface area contributed by atoms with Crippen molar-refractivity contribution in [1.29, 1.82) is 0 Å². The van der Waals surface area contributed by atoms with Crippen LogP contribution in [0.3, 0.4) is 0 Å². The molecule has 3 rings (SSSR count). The van der Waals surface area contributed by atoms with Crippen molar-refractivity contribution in [3.05, 3.63) is 58.9 Å². The van der Waals surface area contributed by atoms with Gasteiger partial charge >= 0.3 is 0 Å². The first kappa shape index (κ1) is 12.7. The molecule has 0 bridgehead atoms. The molecule has 3 nitrogen and oxygen atoms in total. The summed E-state index contributed by atoms with van der Waals surface area (Å²) in [4.78, 5) is 4.25. The van der Waals surface area contributed by atoms with Crippen LogP contribution in [0.15, 0.2) is 46.9 Å². The van der Waals surface area contributed by atoms with Gasteiger partial charge in [0.15, 0.2) is 0 Å². The molecule has 0 saturated heterocycles. The van der Waals surface area contributed by atoms with Gasteiger partial charge in [0, 0.05) is 16.3 Å². The Morgan fingerprint density at radius 2 is 2.00 bits per heavy atom. The van der Waals surface area contributed by atoms with Crippen LogP contribution in [0.2, 0.25) is 0 Å². The predicted molar refractivity (Wildman–Crippen MR) is 82.0 cm³/mol. The van der Waals surface area contributed by atoms with E-state index in [-0.39, 0.29) is 5.82 Å². The number of nitrogens with zero attached hydrogens (tertiary/aromatic N) is 2. The molecule has 0 fully saturated rings. The summed E-state index contributed by atoms with van der Waals surface area (Å²) in [6, 6.07) is 10.5. The zero-order chi connectivity index (χ0) is 13.9. The molecule has 0 aliphatic rings. The molecule has 2 aromatic carbocycles. The van der Waals surface area contributed by atoms with Gasteiger partial charge < -0.3 is 0 Å². The van der Waals surface area contributed by atoms with Crippen molar-refractivity contribution in [2.75, 3.05) is 5.43 Å². The second-order valence-corrected chi connectivity index (χ2v) is 5.20. The van der Waals surface area contributed by atoms with E-state index in [1.54, 1.807) is 18.3 Å². The average molecular weight is 285 g/mol. The molecule has 100 valence electrons. The highest BCUT2D eigenvalue weighted by molar-refractivity contribution is 7.13. The lowest BCUT2D eigenvalue weighted by Gasteiger charge is -2.02. The van der Waals surface area contributed by atoms with Gasteiger partial charge in [0.2, 0.25) is 5.13 Å². The van der Waals surface area contributed by atoms with Gasteiger partial charge in [-0.3, -0.25) is 5.43 Å². The lowest BCUT2D eigenvalue weighted by Crippen LogP contribution is -1.91. The molecule has 1 N–H and O–H groups in total. The largest absolute Gasteiger partial charge is 0.253 e. The maximum absolute atomic E-state index is 13.7. The number of rotatable bonds is 3. The lowest BCUT2D eigenvalue weighted by atomic mass is 10.1. The first-order chi connectivity index (χ1) is 9.74. The summed E-state index contributed by atoms with van der Waals surface area (Å²) in [5.74, 6) is -0.221. The van der Waals surface area contributed by atoms with Crippen molar-refractivity contribution in [2.24, 2.45) is 5.10 Å². The van der Waals surface area contributed by atoms with Crippen LogP contribution in [0.5, 0.6) is 0 Å². The van der Waals surface area contributed by atoms with Crippen molar-refractivity contribution < 1.29 is 4.39 Å². The molecule has 1 aromatic heterocycles. The SMILES string of the molecule is Cc1csc(NN=Cc2cccc3c(F)cccc23)n1. The molecule has 0 aliphatic heterocycles. The van der Waals surface area contributed by atoms with Crippen molar-refractivity contribution in [3.63, 3.8) is 0 Å². The smallest absolute Gasteiger partial charge is 0.203 e. The molecule has 0 aliphatic carbocycles. The Balaban J connectivity index is 1.89. The molecule has 0 amide bonds. The van der Waals surface area contributed by atoms with Crippen LogP contribution in [0.4, 0.5) is 9.52 Å². The molecule has 0 spiro atoms. The Kier molecular flexibility index (Phi) is 3.43. The minimum Gasteiger partial charge on any atom is -0.253 e. The monoisotopic (exact) mass is 285 g/mol. The summed E-state index contributed by atoms with van der Waals surface area (Å²) in [7, 11) is 0. The van der Waals surface area contributed by atoms with Crippen LogP contribution in [0, 0.1) is 12.7 Å². The van der Waals surface area contributed by atoms with Crippen molar-refractivity contribution in [1.82, 2.24) is 4.98 Å². The van der Waals surface area contributed by atoms with E-state index in [0.29, 0.717) is 5.39 Å². The number of halogens is 1. The minimum atomic E-state index is -0.221. The Morgan fingerprint density at radius 3 is 2.80 bits per heavy atom. The van der Waals surface area contributed by atoms with Gasteiger partial charge in [-0.25, -0.2) is 9.37 Å². The summed E-state index contributed by atoms with van der Waals surface area (Å²) in [6.07, 6.45) is 1.68. The lowest BCUT2D eigenvalue weighted by molar-refractivity contribution is 0.640. The van der Waals surface area contributed by atoms with Gasteiger partial charge in [0.25, 0.3) is 0 Å². The second-order valence-electron chi connectivity index (χ2n) is 4.35. The number of anilines is 1. The number of thiazole rings is 1. The van der Waals surface area contributed by atoms with Crippen LogP contribution in [-0.4, -0.2) is 11.2 Å². The molecule has 0 atom stereocenters. The number of aryl methyl sites for hydroxylation is 1. The molecule has 0 radical (unpaired) electrons. The zero-order valence-electron chi connectivity index (χ0n) is 10.8. The standard InChI is InChI=1S/C15H12FN3S/c1-10-9-20-15(18-10)19-17-8-11-4-2-6-13-12(11)5-3-7-14(13)16/h2-9H,1H3,(H,18,19). The third kappa shape index (κ3) is 2.53.